The molecule has 0 bridgehead atoms. The van der Waals surface area contributed by atoms with Gasteiger partial charge in [0, 0.05) is 26.2 Å². The van der Waals surface area contributed by atoms with Crippen LogP contribution in [0.1, 0.15) is 5.56 Å². The van der Waals surface area contributed by atoms with Crippen molar-refractivity contribution in [2.45, 2.75) is 17.4 Å². The van der Waals surface area contributed by atoms with E-state index in [1.54, 1.807) is 35.2 Å². The number of hydrogen-bond donors (Lipinski definition) is 1. The summed E-state index contributed by atoms with van der Waals surface area (Å²) in [7, 11) is -3.52. The highest BCUT2D eigenvalue weighted by atomic mass is 35.5. The van der Waals surface area contributed by atoms with E-state index < -0.39 is 16.1 Å². The standard InChI is InChI=1S/C19H23N3O3S.ClH/c20-18(15-16-7-3-1-4-8-16)19(23)21-11-13-22(14-12-21)26(24,25)17-9-5-2-6-10-17;/h1-10,18H,11-15,20H2;1H. The molecule has 8 heteroatoms. The maximum absolute atomic E-state index is 12.6. The summed E-state index contributed by atoms with van der Waals surface area (Å²) < 4.78 is 26.7. The fourth-order valence-electron chi connectivity index (χ4n) is 3.08. The minimum atomic E-state index is -3.52. The molecule has 1 unspecified atom stereocenters. The highest BCUT2D eigenvalue weighted by molar-refractivity contribution is 7.89. The lowest BCUT2D eigenvalue weighted by molar-refractivity contribution is -0.133. The summed E-state index contributed by atoms with van der Waals surface area (Å²) in [6.07, 6.45) is 0.474. The number of sulfonamides is 1. The number of nitrogens with two attached hydrogens (primary N) is 1. The van der Waals surface area contributed by atoms with Gasteiger partial charge in [-0.15, -0.1) is 12.4 Å². The fraction of sp³-hybridized carbons (Fsp3) is 0.316. The van der Waals surface area contributed by atoms with Crippen LogP contribution >= 0.6 is 12.4 Å². The number of carbonyl (C=O) groups is 1. The molecule has 0 radical (unpaired) electrons. The summed E-state index contributed by atoms with van der Waals surface area (Å²) in [5.74, 6) is -0.134. The molecule has 1 amide bonds. The molecule has 1 saturated heterocycles. The molecule has 0 spiro atoms. The lowest BCUT2D eigenvalue weighted by Gasteiger charge is -2.35. The molecule has 27 heavy (non-hydrogen) atoms. The summed E-state index contributed by atoms with van der Waals surface area (Å²) in [4.78, 5) is 14.5. The van der Waals surface area contributed by atoms with Gasteiger partial charge < -0.3 is 10.6 Å². The van der Waals surface area contributed by atoms with E-state index in [1.165, 1.54) is 4.31 Å². The van der Waals surface area contributed by atoms with E-state index in [0.717, 1.165) is 5.56 Å². The van der Waals surface area contributed by atoms with Gasteiger partial charge in [0.1, 0.15) is 0 Å². The number of nitrogens with zero attached hydrogens (tertiary/aromatic N) is 2. The summed E-state index contributed by atoms with van der Waals surface area (Å²) in [5.41, 5.74) is 7.08. The van der Waals surface area contributed by atoms with Crippen molar-refractivity contribution in [3.8, 4) is 0 Å². The molecular weight excluding hydrogens is 386 g/mol. The Hall–Kier alpha value is -1.93. The molecule has 146 valence electrons. The first kappa shape index (κ1) is 21.4. The fourth-order valence-corrected chi connectivity index (χ4v) is 4.52. The van der Waals surface area contributed by atoms with Gasteiger partial charge >= 0.3 is 0 Å². The van der Waals surface area contributed by atoms with Gasteiger partial charge in [0.15, 0.2) is 0 Å². The molecule has 0 aromatic heterocycles. The number of carbonyl (C=O) groups excluding carboxylic acids is 1. The van der Waals surface area contributed by atoms with Crippen molar-refractivity contribution >= 4 is 28.3 Å². The first-order chi connectivity index (χ1) is 12.5. The van der Waals surface area contributed by atoms with Gasteiger partial charge in [0.2, 0.25) is 15.9 Å². The zero-order chi connectivity index (χ0) is 18.6. The van der Waals surface area contributed by atoms with Crippen LogP contribution in [0.25, 0.3) is 0 Å². The topological polar surface area (TPSA) is 83.7 Å². The van der Waals surface area contributed by atoms with Crippen LogP contribution in [0.15, 0.2) is 65.6 Å². The molecule has 2 N–H and O–H groups in total. The van der Waals surface area contributed by atoms with Gasteiger partial charge in [-0.25, -0.2) is 8.42 Å². The molecule has 2 aromatic carbocycles. The van der Waals surface area contributed by atoms with Crippen molar-refractivity contribution in [1.29, 1.82) is 0 Å². The molecule has 2 aromatic rings. The van der Waals surface area contributed by atoms with Crippen LogP contribution in [-0.2, 0) is 21.2 Å². The second kappa shape index (κ2) is 9.32. The van der Waals surface area contributed by atoms with Crippen molar-refractivity contribution in [3.63, 3.8) is 0 Å². The van der Waals surface area contributed by atoms with Crippen LogP contribution in [0.3, 0.4) is 0 Å². The molecule has 1 fully saturated rings. The maximum atomic E-state index is 12.6. The minimum absolute atomic E-state index is 0. The summed E-state index contributed by atoms with van der Waals surface area (Å²) >= 11 is 0. The van der Waals surface area contributed by atoms with E-state index in [4.69, 9.17) is 5.73 Å². The average molecular weight is 410 g/mol. The Morgan fingerprint density at radius 3 is 2.00 bits per heavy atom. The van der Waals surface area contributed by atoms with Crippen LogP contribution in [0, 0.1) is 0 Å². The third kappa shape index (κ3) is 5.07. The quantitative estimate of drug-likeness (QED) is 0.811. The van der Waals surface area contributed by atoms with Gasteiger partial charge in [0.05, 0.1) is 10.9 Å². The third-order valence-electron chi connectivity index (χ3n) is 4.55. The zero-order valence-electron chi connectivity index (χ0n) is 14.9. The van der Waals surface area contributed by atoms with Gasteiger partial charge in [-0.3, -0.25) is 4.79 Å². The molecule has 3 rings (SSSR count). The van der Waals surface area contributed by atoms with Crippen LogP contribution in [0.4, 0.5) is 0 Å². The highest BCUT2D eigenvalue weighted by Crippen LogP contribution is 2.17. The number of benzene rings is 2. The molecule has 0 saturated carbocycles. The van der Waals surface area contributed by atoms with Gasteiger partial charge in [0.25, 0.3) is 0 Å². The second-order valence-corrected chi connectivity index (χ2v) is 8.28. The van der Waals surface area contributed by atoms with Crippen molar-refractivity contribution in [1.82, 2.24) is 9.21 Å². The Labute approximate surface area is 166 Å². The molecule has 0 aliphatic carbocycles. The lowest BCUT2D eigenvalue weighted by atomic mass is 10.1. The van der Waals surface area contributed by atoms with Crippen LogP contribution in [0.5, 0.6) is 0 Å². The Kier molecular flexibility index (Phi) is 7.38. The third-order valence-corrected chi connectivity index (χ3v) is 6.46. The number of rotatable bonds is 5. The van der Waals surface area contributed by atoms with Gasteiger partial charge in [-0.1, -0.05) is 48.5 Å². The average Bonchev–Trinajstić information content (AvgIpc) is 2.69. The van der Waals surface area contributed by atoms with E-state index in [-0.39, 0.29) is 36.3 Å². The summed E-state index contributed by atoms with van der Waals surface area (Å²) in [5, 5.41) is 0. The van der Waals surface area contributed by atoms with Crippen LogP contribution in [0.2, 0.25) is 0 Å². The largest absolute Gasteiger partial charge is 0.339 e. The van der Waals surface area contributed by atoms with E-state index >= 15 is 0 Å². The summed E-state index contributed by atoms with van der Waals surface area (Å²) in [6.45, 7) is 1.27. The Bertz CT molecular complexity index is 839. The van der Waals surface area contributed by atoms with Crippen molar-refractivity contribution < 1.29 is 13.2 Å². The second-order valence-electron chi connectivity index (χ2n) is 6.34. The van der Waals surface area contributed by atoms with Crippen molar-refractivity contribution in [2.24, 2.45) is 5.73 Å². The number of hydrogen-bond acceptors (Lipinski definition) is 4. The van der Waals surface area contributed by atoms with E-state index in [1.807, 2.05) is 30.3 Å². The monoisotopic (exact) mass is 409 g/mol. The zero-order valence-corrected chi connectivity index (χ0v) is 16.5. The Balaban J connectivity index is 0.00000261. The number of amides is 1. The molecule has 1 heterocycles. The molecule has 6 nitrogen and oxygen atoms in total. The SMILES string of the molecule is Cl.NC(Cc1ccccc1)C(=O)N1CCN(S(=O)(=O)c2ccccc2)CC1. The predicted molar refractivity (Wildman–Crippen MR) is 107 cm³/mol. The molecule has 1 aliphatic heterocycles. The molecule has 1 aliphatic rings. The number of piperazine rings is 1. The van der Waals surface area contributed by atoms with Crippen molar-refractivity contribution in [2.75, 3.05) is 26.2 Å². The minimum Gasteiger partial charge on any atom is -0.339 e. The maximum Gasteiger partial charge on any atom is 0.243 e. The van der Waals surface area contributed by atoms with Crippen LogP contribution < -0.4 is 5.73 Å². The molecular formula is C19H24ClN3O3S. The van der Waals surface area contributed by atoms with Crippen LogP contribution in [-0.4, -0.2) is 55.8 Å². The van der Waals surface area contributed by atoms with Gasteiger partial charge in [-0.2, -0.15) is 4.31 Å². The van der Waals surface area contributed by atoms with E-state index in [0.29, 0.717) is 19.5 Å². The highest BCUT2D eigenvalue weighted by Gasteiger charge is 2.31. The molecule has 1 atom stereocenters. The Morgan fingerprint density at radius 1 is 0.926 bits per heavy atom. The normalized spacial score (nSPS) is 16.4. The smallest absolute Gasteiger partial charge is 0.243 e. The predicted octanol–water partition coefficient (Wildman–Crippen LogP) is 1.51. The lowest BCUT2D eigenvalue weighted by Crippen LogP contribution is -2.54. The van der Waals surface area contributed by atoms with E-state index in [2.05, 4.69) is 0 Å². The summed E-state index contributed by atoms with van der Waals surface area (Å²) in [6, 6.07) is 17.4. The first-order valence-electron chi connectivity index (χ1n) is 8.62. The Morgan fingerprint density at radius 2 is 1.44 bits per heavy atom. The number of halogens is 1. The first-order valence-corrected chi connectivity index (χ1v) is 10.1. The van der Waals surface area contributed by atoms with Crippen molar-refractivity contribution in [3.05, 3.63) is 66.2 Å². The van der Waals surface area contributed by atoms with Gasteiger partial charge in [-0.05, 0) is 24.1 Å². The van der Waals surface area contributed by atoms with E-state index in [9.17, 15) is 13.2 Å².